The number of carboxylic acid groups (broad SMARTS) is 1. The first kappa shape index (κ1) is 14.7. The Hall–Kier alpha value is -2.70. The number of amides is 1. The lowest BCUT2D eigenvalue weighted by atomic mass is 10.2. The van der Waals surface area contributed by atoms with Crippen molar-refractivity contribution in [3.63, 3.8) is 0 Å². The molecule has 1 heterocycles. The Morgan fingerprint density at radius 3 is 2.48 bits per heavy atom. The van der Waals surface area contributed by atoms with Crippen molar-refractivity contribution in [2.75, 3.05) is 5.32 Å². The number of aromatic nitrogens is 1. The van der Waals surface area contributed by atoms with Crippen LogP contribution in [0.2, 0.25) is 0 Å². The van der Waals surface area contributed by atoms with Gasteiger partial charge in [-0.15, -0.1) is 0 Å². The second kappa shape index (κ2) is 5.35. The van der Waals surface area contributed by atoms with Gasteiger partial charge in [0.1, 0.15) is 11.6 Å². The van der Waals surface area contributed by atoms with Crippen LogP contribution in [0, 0.1) is 5.82 Å². The molecule has 6 nitrogen and oxygen atoms in total. The average molecular weight is 292 g/mol. The van der Waals surface area contributed by atoms with Gasteiger partial charge in [0.05, 0.1) is 17.7 Å². The first-order valence-electron chi connectivity index (χ1n) is 6.13. The van der Waals surface area contributed by atoms with Crippen molar-refractivity contribution < 1.29 is 23.9 Å². The largest absolute Gasteiger partial charge is 0.477 e. The van der Waals surface area contributed by atoms with Crippen molar-refractivity contribution in [3.8, 4) is 0 Å². The maximum atomic E-state index is 13.4. The van der Waals surface area contributed by atoms with Crippen LogP contribution in [0.3, 0.4) is 0 Å². The number of Topliss-reactive ketones (excluding diaryl/α,β-unsaturated/α-hetero) is 1. The Labute approximate surface area is 119 Å². The van der Waals surface area contributed by atoms with E-state index < -0.39 is 17.7 Å². The maximum Gasteiger partial charge on any atom is 0.354 e. The van der Waals surface area contributed by atoms with Crippen molar-refractivity contribution in [3.05, 3.63) is 29.7 Å². The number of anilines is 1. The molecule has 0 atom stereocenters. The highest BCUT2D eigenvalue weighted by molar-refractivity contribution is 6.11. The smallest absolute Gasteiger partial charge is 0.354 e. The quantitative estimate of drug-likeness (QED) is 0.902. The van der Waals surface area contributed by atoms with Gasteiger partial charge < -0.3 is 15.0 Å². The van der Waals surface area contributed by atoms with E-state index in [1.54, 1.807) is 0 Å². The van der Waals surface area contributed by atoms with Gasteiger partial charge in [0.15, 0.2) is 5.69 Å². The van der Waals surface area contributed by atoms with Crippen LogP contribution in [-0.2, 0) is 16.1 Å². The van der Waals surface area contributed by atoms with Crippen LogP contribution in [0.15, 0.2) is 18.2 Å². The second-order valence-corrected chi connectivity index (χ2v) is 4.66. The molecule has 21 heavy (non-hydrogen) atoms. The maximum absolute atomic E-state index is 13.4. The van der Waals surface area contributed by atoms with E-state index in [4.69, 9.17) is 0 Å². The molecule has 0 saturated carbocycles. The van der Waals surface area contributed by atoms with Crippen molar-refractivity contribution in [2.24, 2.45) is 0 Å². The number of benzene rings is 1. The molecule has 1 amide bonds. The average Bonchev–Trinajstić information content (AvgIpc) is 2.62. The third-order valence-electron chi connectivity index (χ3n) is 2.91. The number of aromatic carboxylic acids is 1. The molecule has 1 aromatic heterocycles. The van der Waals surface area contributed by atoms with Crippen molar-refractivity contribution in [1.29, 1.82) is 0 Å². The normalized spacial score (nSPS) is 10.6. The number of carbonyl (C=O) groups is 3. The Morgan fingerprint density at radius 1 is 1.29 bits per heavy atom. The minimum atomic E-state index is -1.31. The van der Waals surface area contributed by atoms with Crippen LogP contribution in [-0.4, -0.2) is 27.3 Å². The van der Waals surface area contributed by atoms with Gasteiger partial charge in [-0.3, -0.25) is 9.59 Å². The monoisotopic (exact) mass is 292 g/mol. The van der Waals surface area contributed by atoms with E-state index in [1.165, 1.54) is 30.5 Å². The van der Waals surface area contributed by atoms with Gasteiger partial charge in [-0.2, -0.15) is 0 Å². The molecule has 0 unspecified atom stereocenters. The second-order valence-electron chi connectivity index (χ2n) is 4.66. The van der Waals surface area contributed by atoms with E-state index >= 15 is 0 Å². The zero-order chi connectivity index (χ0) is 15.7. The molecular weight excluding hydrogens is 279 g/mol. The zero-order valence-corrected chi connectivity index (χ0v) is 11.4. The number of ketones is 1. The fourth-order valence-electron chi connectivity index (χ4n) is 2.24. The summed E-state index contributed by atoms with van der Waals surface area (Å²) < 4.78 is 14.7. The Kier molecular flexibility index (Phi) is 3.75. The standard InChI is InChI=1S/C14H13FN2O4/c1-7(18)6-17-11-4-3-9(15)5-10(11)12(16-8(2)19)13(17)14(20)21/h3-5H,6H2,1-2H3,(H,16,19)(H,20,21). The third kappa shape index (κ3) is 2.76. The van der Waals surface area contributed by atoms with Crippen molar-refractivity contribution >= 4 is 34.3 Å². The summed E-state index contributed by atoms with van der Waals surface area (Å²) in [7, 11) is 0. The van der Waals surface area contributed by atoms with Gasteiger partial charge in [0.25, 0.3) is 0 Å². The highest BCUT2D eigenvalue weighted by atomic mass is 19.1. The summed E-state index contributed by atoms with van der Waals surface area (Å²) in [4.78, 5) is 34.1. The van der Waals surface area contributed by atoms with E-state index in [0.29, 0.717) is 5.52 Å². The van der Waals surface area contributed by atoms with Crippen LogP contribution >= 0.6 is 0 Å². The number of nitrogens with one attached hydrogen (secondary N) is 1. The topological polar surface area (TPSA) is 88.4 Å². The molecule has 7 heteroatoms. The summed E-state index contributed by atoms with van der Waals surface area (Å²) in [5.41, 5.74) is 0.111. The SMILES string of the molecule is CC(=O)Cn1c(C(=O)O)c(NC(C)=O)c2cc(F)ccc21. The van der Waals surface area contributed by atoms with Crippen LogP contribution in [0.1, 0.15) is 24.3 Å². The number of hydrogen-bond acceptors (Lipinski definition) is 3. The van der Waals surface area contributed by atoms with Crippen LogP contribution in [0.25, 0.3) is 10.9 Å². The van der Waals surface area contributed by atoms with E-state index in [2.05, 4.69) is 5.32 Å². The number of carbonyl (C=O) groups excluding carboxylic acids is 2. The molecule has 0 radical (unpaired) electrons. The molecule has 2 N–H and O–H groups in total. The van der Waals surface area contributed by atoms with Crippen LogP contribution in [0.4, 0.5) is 10.1 Å². The van der Waals surface area contributed by atoms with Gasteiger partial charge in [-0.1, -0.05) is 0 Å². The summed E-state index contributed by atoms with van der Waals surface area (Å²) in [6.07, 6.45) is 0. The highest BCUT2D eigenvalue weighted by Crippen LogP contribution is 2.32. The van der Waals surface area contributed by atoms with E-state index in [9.17, 15) is 23.9 Å². The summed E-state index contributed by atoms with van der Waals surface area (Å²) in [6.45, 7) is 2.36. The minimum Gasteiger partial charge on any atom is -0.477 e. The molecule has 1 aromatic carbocycles. The minimum absolute atomic E-state index is 0.00856. The summed E-state index contributed by atoms with van der Waals surface area (Å²) in [5, 5.41) is 12.0. The van der Waals surface area contributed by atoms with E-state index in [1.807, 2.05) is 0 Å². The van der Waals surface area contributed by atoms with Crippen molar-refractivity contribution in [1.82, 2.24) is 4.57 Å². The molecule has 0 saturated heterocycles. The predicted octanol–water partition coefficient (Wildman–Crippen LogP) is 2.03. The fourth-order valence-corrected chi connectivity index (χ4v) is 2.24. The van der Waals surface area contributed by atoms with Gasteiger partial charge >= 0.3 is 5.97 Å². The molecule has 2 rings (SSSR count). The number of nitrogens with zero attached hydrogens (tertiary/aromatic N) is 1. The Bertz CT molecular complexity index is 764. The number of hydrogen-bond donors (Lipinski definition) is 2. The lowest BCUT2D eigenvalue weighted by molar-refractivity contribution is -0.117. The Balaban J connectivity index is 2.85. The van der Waals surface area contributed by atoms with Crippen molar-refractivity contribution in [2.45, 2.75) is 20.4 Å². The number of halogens is 1. The summed E-state index contributed by atoms with van der Waals surface area (Å²) in [5.74, 6) is -2.61. The lowest BCUT2D eigenvalue weighted by Gasteiger charge is -2.06. The van der Waals surface area contributed by atoms with Gasteiger partial charge in [-0.25, -0.2) is 9.18 Å². The molecule has 0 spiro atoms. The first-order chi connectivity index (χ1) is 9.81. The molecule has 110 valence electrons. The highest BCUT2D eigenvalue weighted by Gasteiger charge is 2.24. The predicted molar refractivity (Wildman–Crippen MR) is 73.8 cm³/mol. The molecule has 0 aliphatic heterocycles. The van der Waals surface area contributed by atoms with Gasteiger partial charge in [0, 0.05) is 12.3 Å². The first-order valence-corrected chi connectivity index (χ1v) is 6.13. The Morgan fingerprint density at radius 2 is 1.95 bits per heavy atom. The molecule has 2 aromatic rings. The molecule has 0 aliphatic rings. The van der Waals surface area contributed by atoms with Gasteiger partial charge in [-0.05, 0) is 25.1 Å². The lowest BCUT2D eigenvalue weighted by Crippen LogP contribution is -2.16. The number of rotatable bonds is 4. The summed E-state index contributed by atoms with van der Waals surface area (Å²) >= 11 is 0. The van der Waals surface area contributed by atoms with Gasteiger partial charge in [0.2, 0.25) is 5.91 Å². The third-order valence-corrected chi connectivity index (χ3v) is 2.91. The zero-order valence-electron chi connectivity index (χ0n) is 11.4. The molecule has 0 fully saturated rings. The summed E-state index contributed by atoms with van der Waals surface area (Å²) in [6, 6.07) is 3.68. The number of fused-ring (bicyclic) bond motifs is 1. The van der Waals surface area contributed by atoms with E-state index in [0.717, 1.165) is 6.07 Å². The molecule has 0 aliphatic carbocycles. The molecule has 0 bridgehead atoms. The van der Waals surface area contributed by atoms with E-state index in [-0.39, 0.29) is 29.1 Å². The van der Waals surface area contributed by atoms with Crippen LogP contribution in [0.5, 0.6) is 0 Å². The number of carboxylic acids is 1. The fraction of sp³-hybridized carbons (Fsp3) is 0.214. The van der Waals surface area contributed by atoms with Crippen LogP contribution < -0.4 is 5.32 Å². The molecular formula is C14H13FN2O4.